The van der Waals surface area contributed by atoms with Gasteiger partial charge in [0.15, 0.2) is 11.0 Å². The van der Waals surface area contributed by atoms with Crippen LogP contribution in [0.2, 0.25) is 5.02 Å². The van der Waals surface area contributed by atoms with Gasteiger partial charge in [0.2, 0.25) is 5.91 Å². The summed E-state index contributed by atoms with van der Waals surface area (Å²) in [7, 11) is 1.75. The van der Waals surface area contributed by atoms with Crippen LogP contribution in [0.4, 0.5) is 0 Å². The van der Waals surface area contributed by atoms with E-state index in [1.54, 1.807) is 24.3 Å². The molecule has 7 nitrogen and oxygen atoms in total. The van der Waals surface area contributed by atoms with Gasteiger partial charge in [0, 0.05) is 18.3 Å². The second-order valence-corrected chi connectivity index (χ2v) is 8.52. The molecule has 4 rings (SSSR count). The maximum absolute atomic E-state index is 12.7. The van der Waals surface area contributed by atoms with E-state index in [1.807, 2.05) is 66.1 Å². The summed E-state index contributed by atoms with van der Waals surface area (Å²) in [5.74, 6) is 2.27. The standard InChI is InChI=1S/C24H23ClN4O3S/c1-3-31-18-12-10-17(11-13-18)29-23(20-8-4-5-9-21(20)25)26-27-24(29)33-16-22(30)28(2)15-19-7-6-14-32-19/h4-14H,3,15-16H2,1-2H3. The summed E-state index contributed by atoms with van der Waals surface area (Å²) in [5, 5.41) is 9.94. The summed E-state index contributed by atoms with van der Waals surface area (Å²) in [6.07, 6.45) is 1.60. The lowest BCUT2D eigenvalue weighted by atomic mass is 10.2. The van der Waals surface area contributed by atoms with Gasteiger partial charge in [-0.2, -0.15) is 0 Å². The van der Waals surface area contributed by atoms with Crippen molar-refractivity contribution in [1.82, 2.24) is 19.7 Å². The minimum atomic E-state index is -0.0445. The van der Waals surface area contributed by atoms with Crippen molar-refractivity contribution in [3.63, 3.8) is 0 Å². The number of thioether (sulfide) groups is 1. The fraction of sp³-hybridized carbons (Fsp3) is 0.208. The summed E-state index contributed by atoms with van der Waals surface area (Å²) in [6, 6.07) is 18.8. The number of carbonyl (C=O) groups excluding carboxylic acids is 1. The van der Waals surface area contributed by atoms with E-state index in [2.05, 4.69) is 10.2 Å². The van der Waals surface area contributed by atoms with E-state index in [-0.39, 0.29) is 11.7 Å². The average molecular weight is 483 g/mol. The highest BCUT2D eigenvalue weighted by molar-refractivity contribution is 7.99. The molecule has 0 saturated carbocycles. The molecule has 2 aromatic carbocycles. The number of rotatable bonds is 9. The van der Waals surface area contributed by atoms with Crippen LogP contribution in [0.25, 0.3) is 17.1 Å². The summed E-state index contributed by atoms with van der Waals surface area (Å²) in [5.41, 5.74) is 1.60. The SMILES string of the molecule is CCOc1ccc(-n2c(SCC(=O)N(C)Cc3ccco3)nnc2-c2ccccc2Cl)cc1. The number of ether oxygens (including phenoxy) is 1. The van der Waals surface area contributed by atoms with Crippen molar-refractivity contribution >= 4 is 29.3 Å². The minimum Gasteiger partial charge on any atom is -0.494 e. The molecule has 0 fully saturated rings. The first-order valence-corrected chi connectivity index (χ1v) is 11.8. The second kappa shape index (κ2) is 10.6. The highest BCUT2D eigenvalue weighted by Gasteiger charge is 2.20. The maximum Gasteiger partial charge on any atom is 0.233 e. The van der Waals surface area contributed by atoms with E-state index in [0.717, 1.165) is 22.8 Å². The third-order valence-electron chi connectivity index (χ3n) is 4.88. The van der Waals surface area contributed by atoms with Gasteiger partial charge in [-0.3, -0.25) is 9.36 Å². The number of furan rings is 1. The van der Waals surface area contributed by atoms with Crippen molar-refractivity contribution in [2.24, 2.45) is 0 Å². The van der Waals surface area contributed by atoms with Crippen LogP contribution in [0, 0.1) is 0 Å². The Hall–Kier alpha value is -3.23. The van der Waals surface area contributed by atoms with Crippen molar-refractivity contribution in [3.05, 3.63) is 77.7 Å². The van der Waals surface area contributed by atoms with Gasteiger partial charge in [0.25, 0.3) is 0 Å². The van der Waals surface area contributed by atoms with E-state index < -0.39 is 0 Å². The molecule has 33 heavy (non-hydrogen) atoms. The molecule has 9 heteroatoms. The first-order valence-electron chi connectivity index (χ1n) is 10.4. The van der Waals surface area contributed by atoms with E-state index in [9.17, 15) is 4.79 Å². The quantitative estimate of drug-likeness (QED) is 0.300. The van der Waals surface area contributed by atoms with Crippen LogP contribution in [0.15, 0.2) is 76.5 Å². The fourth-order valence-corrected chi connectivity index (χ4v) is 4.34. The first kappa shape index (κ1) is 22.9. The van der Waals surface area contributed by atoms with Gasteiger partial charge in [-0.15, -0.1) is 10.2 Å². The molecule has 2 aromatic heterocycles. The molecular formula is C24H23ClN4O3S. The van der Waals surface area contributed by atoms with Crippen LogP contribution in [0.3, 0.4) is 0 Å². The largest absolute Gasteiger partial charge is 0.494 e. The number of hydrogen-bond acceptors (Lipinski definition) is 6. The Morgan fingerprint density at radius 1 is 1.12 bits per heavy atom. The van der Waals surface area contributed by atoms with Crippen molar-refractivity contribution < 1.29 is 13.9 Å². The molecule has 4 aromatic rings. The summed E-state index contributed by atoms with van der Waals surface area (Å²) in [6.45, 7) is 2.94. The number of aromatic nitrogens is 3. The Labute approximate surface area is 201 Å². The Morgan fingerprint density at radius 3 is 2.61 bits per heavy atom. The zero-order chi connectivity index (χ0) is 23.2. The van der Waals surface area contributed by atoms with Gasteiger partial charge in [-0.05, 0) is 55.5 Å². The number of amides is 1. The number of hydrogen-bond donors (Lipinski definition) is 0. The third kappa shape index (κ3) is 5.40. The normalized spacial score (nSPS) is 10.9. The Bertz CT molecular complexity index is 1210. The van der Waals surface area contributed by atoms with Crippen molar-refractivity contribution in [2.45, 2.75) is 18.6 Å². The Morgan fingerprint density at radius 2 is 1.91 bits per heavy atom. The van der Waals surface area contributed by atoms with Gasteiger partial charge in [0.1, 0.15) is 11.5 Å². The maximum atomic E-state index is 12.7. The zero-order valence-electron chi connectivity index (χ0n) is 18.3. The molecule has 2 heterocycles. The van der Waals surface area contributed by atoms with E-state index in [4.69, 9.17) is 20.8 Å². The van der Waals surface area contributed by atoms with Gasteiger partial charge in [0.05, 0.1) is 30.2 Å². The highest BCUT2D eigenvalue weighted by Crippen LogP contribution is 2.32. The Kier molecular flexibility index (Phi) is 7.36. The number of halogens is 1. The molecule has 0 aliphatic heterocycles. The average Bonchev–Trinajstić information content (AvgIpc) is 3.48. The van der Waals surface area contributed by atoms with Crippen LogP contribution in [-0.4, -0.2) is 45.0 Å². The van der Waals surface area contributed by atoms with E-state index in [0.29, 0.717) is 29.2 Å². The van der Waals surface area contributed by atoms with Crippen molar-refractivity contribution in [2.75, 3.05) is 19.4 Å². The third-order valence-corrected chi connectivity index (χ3v) is 6.12. The van der Waals surface area contributed by atoms with E-state index >= 15 is 0 Å². The molecule has 0 N–H and O–H groups in total. The Balaban J connectivity index is 1.61. The van der Waals surface area contributed by atoms with Crippen molar-refractivity contribution in [3.8, 4) is 22.8 Å². The monoisotopic (exact) mass is 482 g/mol. The van der Waals surface area contributed by atoms with Crippen LogP contribution >= 0.6 is 23.4 Å². The molecule has 0 atom stereocenters. The molecule has 170 valence electrons. The molecule has 0 bridgehead atoms. The molecule has 0 aliphatic rings. The number of nitrogens with zero attached hydrogens (tertiary/aromatic N) is 4. The molecule has 1 amide bonds. The van der Waals surface area contributed by atoms with Crippen LogP contribution in [0.5, 0.6) is 5.75 Å². The smallest absolute Gasteiger partial charge is 0.233 e. The van der Waals surface area contributed by atoms with Gasteiger partial charge >= 0.3 is 0 Å². The number of benzene rings is 2. The van der Waals surface area contributed by atoms with E-state index in [1.165, 1.54) is 11.8 Å². The van der Waals surface area contributed by atoms with Crippen LogP contribution < -0.4 is 4.74 Å². The zero-order valence-corrected chi connectivity index (χ0v) is 19.8. The fourth-order valence-electron chi connectivity index (χ4n) is 3.23. The molecular weight excluding hydrogens is 460 g/mol. The lowest BCUT2D eigenvalue weighted by Crippen LogP contribution is -2.27. The van der Waals surface area contributed by atoms with Crippen LogP contribution in [-0.2, 0) is 11.3 Å². The molecule has 0 unspecified atom stereocenters. The van der Waals surface area contributed by atoms with Crippen molar-refractivity contribution in [1.29, 1.82) is 0 Å². The first-order chi connectivity index (χ1) is 16.1. The van der Waals surface area contributed by atoms with Gasteiger partial charge in [-0.25, -0.2) is 0 Å². The summed E-state index contributed by atoms with van der Waals surface area (Å²) in [4.78, 5) is 14.3. The predicted molar refractivity (Wildman–Crippen MR) is 129 cm³/mol. The molecule has 0 saturated heterocycles. The lowest BCUT2D eigenvalue weighted by Gasteiger charge is -2.16. The van der Waals surface area contributed by atoms with Gasteiger partial charge < -0.3 is 14.1 Å². The molecule has 0 spiro atoms. The van der Waals surface area contributed by atoms with Gasteiger partial charge in [-0.1, -0.05) is 35.5 Å². The molecule has 0 radical (unpaired) electrons. The highest BCUT2D eigenvalue weighted by atomic mass is 35.5. The lowest BCUT2D eigenvalue weighted by molar-refractivity contribution is -0.127. The summed E-state index contributed by atoms with van der Waals surface area (Å²) < 4.78 is 12.8. The molecule has 0 aliphatic carbocycles. The van der Waals surface area contributed by atoms with Crippen LogP contribution in [0.1, 0.15) is 12.7 Å². The minimum absolute atomic E-state index is 0.0445. The topological polar surface area (TPSA) is 73.4 Å². The predicted octanol–water partition coefficient (Wildman–Crippen LogP) is 5.33. The summed E-state index contributed by atoms with van der Waals surface area (Å²) >= 11 is 7.77. The number of carbonyl (C=O) groups is 1. The second-order valence-electron chi connectivity index (χ2n) is 7.17.